The van der Waals surface area contributed by atoms with Gasteiger partial charge in [0.25, 0.3) is 5.56 Å². The minimum absolute atomic E-state index is 0.0739. The predicted molar refractivity (Wildman–Crippen MR) is 102 cm³/mol. The zero-order chi connectivity index (χ0) is 18.4. The average molecular weight is 420 g/mol. The van der Waals surface area contributed by atoms with E-state index in [2.05, 4.69) is 20.9 Å². The molecule has 0 aliphatic carbocycles. The lowest BCUT2D eigenvalue weighted by molar-refractivity contribution is 0.277. The molecule has 1 aromatic carbocycles. The maximum atomic E-state index is 12.9. The van der Waals surface area contributed by atoms with E-state index in [1.807, 2.05) is 33.7 Å². The van der Waals surface area contributed by atoms with Crippen molar-refractivity contribution < 1.29 is 5.11 Å². The normalized spacial score (nSPS) is 13.6. The summed E-state index contributed by atoms with van der Waals surface area (Å²) in [6.07, 6.45) is 0.354. The topological polar surface area (TPSA) is 85.3 Å². The van der Waals surface area contributed by atoms with E-state index in [1.165, 1.54) is 9.13 Å². The molecule has 3 aromatic rings. The highest BCUT2D eigenvalue weighted by molar-refractivity contribution is 9.10. The third-order valence-corrected chi connectivity index (χ3v) is 5.21. The Morgan fingerprint density at radius 3 is 2.62 bits per heavy atom. The molecule has 0 unspecified atom stereocenters. The number of anilines is 2. The van der Waals surface area contributed by atoms with Gasteiger partial charge in [0.15, 0.2) is 11.2 Å². The second-order valence-electron chi connectivity index (χ2n) is 6.24. The third-order valence-electron chi connectivity index (χ3n) is 4.68. The summed E-state index contributed by atoms with van der Waals surface area (Å²) in [5, 5.41) is 9.04. The highest BCUT2D eigenvalue weighted by atomic mass is 79.9. The molecule has 0 saturated carbocycles. The third kappa shape index (κ3) is 2.50. The molecule has 0 bridgehead atoms. The van der Waals surface area contributed by atoms with Gasteiger partial charge in [-0.25, -0.2) is 4.79 Å². The molecule has 136 valence electrons. The molecule has 26 heavy (non-hydrogen) atoms. The summed E-state index contributed by atoms with van der Waals surface area (Å²) in [5.74, 6) is 0.661. The fraction of sp³-hybridized carbons (Fsp3) is 0.353. The van der Waals surface area contributed by atoms with Crippen LogP contribution in [0.3, 0.4) is 0 Å². The van der Waals surface area contributed by atoms with Crippen molar-refractivity contribution in [1.82, 2.24) is 18.7 Å². The molecule has 2 aromatic heterocycles. The predicted octanol–water partition coefficient (Wildman–Crippen LogP) is 1.19. The van der Waals surface area contributed by atoms with E-state index in [0.29, 0.717) is 36.6 Å². The number of aliphatic hydroxyl groups excluding tert-OH is 1. The summed E-state index contributed by atoms with van der Waals surface area (Å²) in [6.45, 7) is 1.44. The number of aromatic nitrogens is 4. The lowest BCUT2D eigenvalue weighted by Gasteiger charge is -2.15. The standard InChI is InChI=1S/C17H18BrN5O3/c1-20-14-13(15(25)23(17(20)26)7-2-10-24)22-9-8-21(16(22)19-14)12-5-3-11(18)4-6-12/h3-6,24H,2,7-10H2,1H3. The first kappa shape index (κ1) is 17.0. The van der Waals surface area contributed by atoms with Crippen LogP contribution in [0.15, 0.2) is 38.3 Å². The first-order valence-electron chi connectivity index (χ1n) is 8.37. The molecule has 0 saturated heterocycles. The van der Waals surface area contributed by atoms with Crippen LogP contribution < -0.4 is 16.1 Å². The minimum Gasteiger partial charge on any atom is -0.396 e. The number of benzene rings is 1. The molecule has 0 fully saturated rings. The molecule has 0 atom stereocenters. The van der Waals surface area contributed by atoms with Crippen molar-refractivity contribution in [3.05, 3.63) is 49.6 Å². The van der Waals surface area contributed by atoms with Gasteiger partial charge in [0, 0.05) is 43.4 Å². The van der Waals surface area contributed by atoms with Crippen LogP contribution in [0.5, 0.6) is 0 Å². The monoisotopic (exact) mass is 419 g/mol. The molecule has 3 heterocycles. The molecule has 0 spiro atoms. The van der Waals surface area contributed by atoms with E-state index < -0.39 is 5.69 Å². The molecule has 9 heteroatoms. The van der Waals surface area contributed by atoms with Crippen molar-refractivity contribution in [1.29, 1.82) is 0 Å². The van der Waals surface area contributed by atoms with E-state index in [9.17, 15) is 9.59 Å². The Morgan fingerprint density at radius 2 is 1.92 bits per heavy atom. The lowest BCUT2D eigenvalue weighted by atomic mass is 10.3. The molecule has 8 nitrogen and oxygen atoms in total. The van der Waals surface area contributed by atoms with Crippen LogP contribution in [-0.4, -0.2) is 36.9 Å². The summed E-state index contributed by atoms with van der Waals surface area (Å²) in [5.41, 5.74) is 1.03. The lowest BCUT2D eigenvalue weighted by Crippen LogP contribution is -2.39. The highest BCUT2D eigenvalue weighted by Crippen LogP contribution is 2.32. The second-order valence-corrected chi connectivity index (χ2v) is 7.15. The van der Waals surface area contributed by atoms with Crippen molar-refractivity contribution in [2.75, 3.05) is 18.1 Å². The molecule has 1 aliphatic rings. The molecule has 1 aliphatic heterocycles. The van der Waals surface area contributed by atoms with Crippen LogP contribution in [0, 0.1) is 0 Å². The Morgan fingerprint density at radius 1 is 1.19 bits per heavy atom. The maximum absolute atomic E-state index is 12.9. The fourth-order valence-corrected chi connectivity index (χ4v) is 3.63. The van der Waals surface area contributed by atoms with Crippen molar-refractivity contribution in [2.45, 2.75) is 19.5 Å². The van der Waals surface area contributed by atoms with Gasteiger partial charge < -0.3 is 14.6 Å². The number of fused-ring (bicyclic) bond motifs is 3. The van der Waals surface area contributed by atoms with Crippen LogP contribution in [0.1, 0.15) is 6.42 Å². The van der Waals surface area contributed by atoms with Crippen molar-refractivity contribution >= 4 is 38.7 Å². The van der Waals surface area contributed by atoms with Crippen molar-refractivity contribution in [3.8, 4) is 0 Å². The summed E-state index contributed by atoms with van der Waals surface area (Å²) in [6, 6.07) is 7.88. The number of aliphatic hydroxyl groups is 1. The number of imidazole rings is 1. The second kappa shape index (κ2) is 6.40. The van der Waals surface area contributed by atoms with Gasteiger partial charge in [0.1, 0.15) is 0 Å². The van der Waals surface area contributed by atoms with Crippen LogP contribution >= 0.6 is 15.9 Å². The number of nitrogens with zero attached hydrogens (tertiary/aromatic N) is 5. The summed E-state index contributed by atoms with van der Waals surface area (Å²) < 4.78 is 5.44. The first-order chi connectivity index (χ1) is 12.5. The largest absolute Gasteiger partial charge is 0.396 e. The van der Waals surface area contributed by atoms with Crippen LogP contribution in [-0.2, 0) is 20.1 Å². The maximum Gasteiger partial charge on any atom is 0.332 e. The van der Waals surface area contributed by atoms with Crippen molar-refractivity contribution in [3.63, 3.8) is 0 Å². The van der Waals surface area contributed by atoms with Crippen LogP contribution in [0.25, 0.3) is 11.2 Å². The van der Waals surface area contributed by atoms with Gasteiger partial charge in [-0.05, 0) is 30.7 Å². The Balaban J connectivity index is 1.91. The van der Waals surface area contributed by atoms with E-state index in [4.69, 9.17) is 5.11 Å². The van der Waals surface area contributed by atoms with E-state index in [1.54, 1.807) is 7.05 Å². The number of rotatable bonds is 4. The Hall–Kier alpha value is -2.39. The number of hydrogen-bond acceptors (Lipinski definition) is 5. The quantitative estimate of drug-likeness (QED) is 0.686. The number of hydrogen-bond donors (Lipinski definition) is 1. The molecule has 0 radical (unpaired) electrons. The fourth-order valence-electron chi connectivity index (χ4n) is 3.37. The Labute approximate surface area is 157 Å². The highest BCUT2D eigenvalue weighted by Gasteiger charge is 2.28. The zero-order valence-electron chi connectivity index (χ0n) is 14.2. The average Bonchev–Trinajstić information content (AvgIpc) is 3.20. The Kier molecular flexibility index (Phi) is 4.20. The van der Waals surface area contributed by atoms with Gasteiger partial charge in [0.05, 0.1) is 0 Å². The molecule has 0 amide bonds. The van der Waals surface area contributed by atoms with E-state index in [-0.39, 0.29) is 18.7 Å². The van der Waals surface area contributed by atoms with Crippen molar-refractivity contribution in [2.24, 2.45) is 7.05 Å². The van der Waals surface area contributed by atoms with Crippen LogP contribution in [0.4, 0.5) is 11.6 Å². The van der Waals surface area contributed by atoms with Gasteiger partial charge in [-0.1, -0.05) is 15.9 Å². The van der Waals surface area contributed by atoms with Gasteiger partial charge in [0.2, 0.25) is 5.95 Å². The Bertz CT molecular complexity index is 1100. The molecular weight excluding hydrogens is 402 g/mol. The van der Waals surface area contributed by atoms with Gasteiger partial charge >= 0.3 is 5.69 Å². The zero-order valence-corrected chi connectivity index (χ0v) is 15.8. The molecular formula is C17H18BrN5O3. The smallest absolute Gasteiger partial charge is 0.332 e. The molecule has 1 N–H and O–H groups in total. The van der Waals surface area contributed by atoms with Gasteiger partial charge in [-0.3, -0.25) is 13.9 Å². The molecule has 4 rings (SSSR count). The minimum atomic E-state index is -0.414. The van der Waals surface area contributed by atoms with Gasteiger partial charge in [-0.15, -0.1) is 0 Å². The van der Waals surface area contributed by atoms with E-state index >= 15 is 0 Å². The van der Waals surface area contributed by atoms with Crippen LogP contribution in [0.2, 0.25) is 0 Å². The SMILES string of the molecule is Cn1c(=O)n(CCCO)c(=O)c2c1nc1n2CCN1c1ccc(Br)cc1. The summed E-state index contributed by atoms with van der Waals surface area (Å²) >= 11 is 3.43. The summed E-state index contributed by atoms with van der Waals surface area (Å²) in [7, 11) is 1.62. The van der Waals surface area contributed by atoms with E-state index in [0.717, 1.165) is 10.2 Å². The first-order valence-corrected chi connectivity index (χ1v) is 9.16. The van der Waals surface area contributed by atoms with Gasteiger partial charge in [-0.2, -0.15) is 4.98 Å². The summed E-state index contributed by atoms with van der Waals surface area (Å²) in [4.78, 5) is 32.0. The number of aryl methyl sites for hydroxylation is 1. The number of halogens is 1.